The summed E-state index contributed by atoms with van der Waals surface area (Å²) in [5.74, 6) is -1.70. The molecule has 1 atom stereocenters. The van der Waals surface area contributed by atoms with Crippen molar-refractivity contribution in [3.05, 3.63) is 125 Å². The van der Waals surface area contributed by atoms with Gasteiger partial charge in [0, 0.05) is 41.9 Å². The van der Waals surface area contributed by atoms with Crippen LogP contribution < -0.4 is 5.32 Å². The molecule has 8 nitrogen and oxygen atoms in total. The van der Waals surface area contributed by atoms with Crippen molar-refractivity contribution >= 4 is 28.9 Å². The highest BCUT2D eigenvalue weighted by molar-refractivity contribution is 6.01. The zero-order valence-electron chi connectivity index (χ0n) is 22.6. The summed E-state index contributed by atoms with van der Waals surface area (Å²) in [6.45, 7) is 4.44. The van der Waals surface area contributed by atoms with E-state index >= 15 is 0 Å². The van der Waals surface area contributed by atoms with E-state index in [9.17, 15) is 9.59 Å². The minimum atomic E-state index is -0.680. The van der Waals surface area contributed by atoms with Crippen LogP contribution in [0.3, 0.4) is 0 Å². The van der Waals surface area contributed by atoms with E-state index in [0.717, 1.165) is 34.1 Å². The Morgan fingerprint density at radius 3 is 2.45 bits per heavy atom. The zero-order chi connectivity index (χ0) is 28.1. The Morgan fingerprint density at radius 1 is 0.975 bits per heavy atom. The first-order valence-corrected chi connectivity index (χ1v) is 12.9. The predicted molar refractivity (Wildman–Crippen MR) is 153 cm³/mol. The van der Waals surface area contributed by atoms with Gasteiger partial charge in [-0.15, -0.1) is 0 Å². The Hall–Kier alpha value is -4.98. The number of aromatic nitrogens is 3. The van der Waals surface area contributed by atoms with E-state index in [1.165, 1.54) is 7.11 Å². The standard InChI is InChI=1S/C32H30N4O4/c1-21-28(31(37)39-3)30(26-14-15-34-27-9-5-4-8-25(26)27)29(22(2)35-21)32(38)40-18-6-7-23-10-12-24(13-11-23)19-36-17-16-33-20-36/h4-17,20,30,35H,18-19H2,1-3H3/b7-6+. The Balaban J connectivity index is 1.36. The van der Waals surface area contributed by atoms with Gasteiger partial charge in [0.05, 0.1) is 36.0 Å². The van der Waals surface area contributed by atoms with E-state index in [2.05, 4.69) is 27.4 Å². The number of esters is 2. The number of fused-ring (bicyclic) bond motifs is 1. The number of hydrogen-bond acceptors (Lipinski definition) is 7. The van der Waals surface area contributed by atoms with Crippen molar-refractivity contribution in [2.75, 3.05) is 13.7 Å². The summed E-state index contributed by atoms with van der Waals surface area (Å²) in [5, 5.41) is 4.03. The van der Waals surface area contributed by atoms with Crippen LogP contribution in [-0.4, -0.2) is 40.2 Å². The third kappa shape index (κ3) is 5.56. The molecule has 1 aliphatic heterocycles. The Bertz CT molecular complexity index is 1630. The third-order valence-corrected chi connectivity index (χ3v) is 6.90. The molecule has 2 aromatic heterocycles. The molecule has 1 unspecified atom stereocenters. The number of hydrogen-bond donors (Lipinski definition) is 1. The number of para-hydroxylation sites is 1. The second-order valence-electron chi connectivity index (χ2n) is 9.52. The molecule has 40 heavy (non-hydrogen) atoms. The number of ether oxygens (including phenoxy) is 2. The molecule has 4 aromatic rings. The molecule has 0 spiro atoms. The highest BCUT2D eigenvalue weighted by Crippen LogP contribution is 2.41. The van der Waals surface area contributed by atoms with Crippen LogP contribution in [0.15, 0.2) is 108 Å². The summed E-state index contributed by atoms with van der Waals surface area (Å²) >= 11 is 0. The van der Waals surface area contributed by atoms with Crippen molar-refractivity contribution in [3.8, 4) is 0 Å². The lowest BCUT2D eigenvalue weighted by Gasteiger charge is -2.30. The second-order valence-corrected chi connectivity index (χ2v) is 9.52. The topological polar surface area (TPSA) is 95.3 Å². The molecule has 1 N–H and O–H groups in total. The molecule has 5 rings (SSSR count). The molecular weight excluding hydrogens is 504 g/mol. The van der Waals surface area contributed by atoms with Gasteiger partial charge in [-0.25, -0.2) is 14.6 Å². The van der Waals surface area contributed by atoms with E-state index < -0.39 is 17.9 Å². The molecule has 3 heterocycles. The van der Waals surface area contributed by atoms with Crippen molar-refractivity contribution in [2.24, 2.45) is 0 Å². The lowest BCUT2D eigenvalue weighted by Crippen LogP contribution is -2.32. The zero-order valence-corrected chi connectivity index (χ0v) is 22.6. The number of imidazole rings is 1. The highest BCUT2D eigenvalue weighted by Gasteiger charge is 2.38. The first kappa shape index (κ1) is 26.6. The van der Waals surface area contributed by atoms with Gasteiger partial charge >= 0.3 is 11.9 Å². The van der Waals surface area contributed by atoms with Gasteiger partial charge in [-0.05, 0) is 48.7 Å². The quantitative estimate of drug-likeness (QED) is 0.313. The average molecular weight is 535 g/mol. The van der Waals surface area contributed by atoms with Crippen molar-refractivity contribution in [3.63, 3.8) is 0 Å². The molecule has 0 aliphatic carbocycles. The number of nitrogens with one attached hydrogen (secondary N) is 1. The Labute approximate surface area is 232 Å². The van der Waals surface area contributed by atoms with Gasteiger partial charge in [0.2, 0.25) is 0 Å². The van der Waals surface area contributed by atoms with Gasteiger partial charge in [-0.3, -0.25) is 4.98 Å². The number of rotatable bonds is 8. The maximum Gasteiger partial charge on any atom is 0.337 e. The fraction of sp³-hybridized carbons (Fsp3) is 0.188. The Morgan fingerprint density at radius 2 is 1.73 bits per heavy atom. The van der Waals surface area contributed by atoms with Crippen LogP contribution in [0.2, 0.25) is 0 Å². The number of methoxy groups -OCH3 is 1. The highest BCUT2D eigenvalue weighted by atomic mass is 16.5. The van der Waals surface area contributed by atoms with Gasteiger partial charge in [0.15, 0.2) is 0 Å². The molecule has 0 amide bonds. The summed E-state index contributed by atoms with van der Waals surface area (Å²) in [6, 6.07) is 17.6. The summed E-state index contributed by atoms with van der Waals surface area (Å²) in [5.41, 5.74) is 5.68. The van der Waals surface area contributed by atoms with Crippen molar-refractivity contribution in [2.45, 2.75) is 26.3 Å². The smallest absolute Gasteiger partial charge is 0.337 e. The molecule has 0 saturated carbocycles. The molecule has 0 bridgehead atoms. The molecule has 8 heteroatoms. The number of dihydropyridines is 1. The van der Waals surface area contributed by atoms with Crippen molar-refractivity contribution in [1.29, 1.82) is 0 Å². The van der Waals surface area contributed by atoms with Crippen LogP contribution >= 0.6 is 0 Å². The van der Waals surface area contributed by atoms with Gasteiger partial charge in [0.25, 0.3) is 0 Å². The maximum absolute atomic E-state index is 13.5. The number of allylic oxidation sites excluding steroid dienone is 2. The maximum atomic E-state index is 13.5. The van der Waals surface area contributed by atoms with Crippen molar-refractivity contribution in [1.82, 2.24) is 19.9 Å². The number of carbonyl (C=O) groups is 2. The van der Waals surface area contributed by atoms with Crippen LogP contribution in [-0.2, 0) is 25.6 Å². The minimum Gasteiger partial charge on any atom is -0.466 e. The summed E-state index contributed by atoms with van der Waals surface area (Å²) in [7, 11) is 1.34. The van der Waals surface area contributed by atoms with Crippen LogP contribution in [0.1, 0.15) is 36.5 Å². The number of pyridine rings is 1. The van der Waals surface area contributed by atoms with Crippen LogP contribution in [0.25, 0.3) is 17.0 Å². The molecule has 0 fully saturated rings. The number of nitrogens with zero attached hydrogens (tertiary/aromatic N) is 3. The number of benzene rings is 2. The van der Waals surface area contributed by atoms with E-state index in [4.69, 9.17) is 9.47 Å². The van der Waals surface area contributed by atoms with E-state index in [-0.39, 0.29) is 6.61 Å². The molecular formula is C32H30N4O4. The largest absolute Gasteiger partial charge is 0.466 e. The second kappa shape index (κ2) is 11.8. The minimum absolute atomic E-state index is 0.0759. The van der Waals surface area contributed by atoms with Gasteiger partial charge in [-0.2, -0.15) is 0 Å². The molecule has 202 valence electrons. The first-order valence-electron chi connectivity index (χ1n) is 12.9. The average Bonchev–Trinajstić information content (AvgIpc) is 3.48. The SMILES string of the molecule is COC(=O)C1=C(C)NC(C)=C(C(=O)OC/C=C/c2ccc(Cn3ccnc3)cc2)C1c1ccnc2ccccc12. The molecule has 0 radical (unpaired) electrons. The van der Waals surface area contributed by atoms with Gasteiger partial charge < -0.3 is 19.4 Å². The normalized spacial score (nSPS) is 15.4. The summed E-state index contributed by atoms with van der Waals surface area (Å²) < 4.78 is 12.8. The Kier molecular flexibility index (Phi) is 7.87. The van der Waals surface area contributed by atoms with Crippen LogP contribution in [0.5, 0.6) is 0 Å². The van der Waals surface area contributed by atoms with E-state index in [0.29, 0.717) is 22.5 Å². The number of carbonyl (C=O) groups excluding carboxylic acids is 2. The lowest BCUT2D eigenvalue weighted by molar-refractivity contribution is -0.138. The molecule has 1 aliphatic rings. The molecule has 0 saturated heterocycles. The molecule has 2 aromatic carbocycles. The fourth-order valence-electron chi connectivity index (χ4n) is 5.04. The predicted octanol–water partition coefficient (Wildman–Crippen LogP) is 5.14. The first-order chi connectivity index (χ1) is 19.5. The fourth-order valence-corrected chi connectivity index (χ4v) is 5.04. The van der Waals surface area contributed by atoms with Gasteiger partial charge in [-0.1, -0.05) is 48.5 Å². The van der Waals surface area contributed by atoms with Crippen LogP contribution in [0, 0.1) is 0 Å². The van der Waals surface area contributed by atoms with Gasteiger partial charge in [0.1, 0.15) is 6.61 Å². The van der Waals surface area contributed by atoms with E-state index in [1.807, 2.05) is 66.2 Å². The van der Waals surface area contributed by atoms with Crippen LogP contribution in [0.4, 0.5) is 0 Å². The summed E-state index contributed by atoms with van der Waals surface area (Å²) in [4.78, 5) is 35.0. The van der Waals surface area contributed by atoms with E-state index in [1.54, 1.807) is 31.7 Å². The summed E-state index contributed by atoms with van der Waals surface area (Å²) in [6.07, 6.45) is 10.9. The lowest BCUT2D eigenvalue weighted by atomic mass is 9.79. The third-order valence-electron chi connectivity index (χ3n) is 6.90. The monoisotopic (exact) mass is 534 g/mol. The van der Waals surface area contributed by atoms with Crippen molar-refractivity contribution < 1.29 is 19.1 Å².